The zero-order chi connectivity index (χ0) is 13.5. The molecule has 5 nitrogen and oxygen atoms in total. The van der Waals surface area contributed by atoms with Gasteiger partial charge in [0.1, 0.15) is 4.88 Å². The first-order chi connectivity index (χ1) is 8.56. The molecule has 0 aliphatic rings. The van der Waals surface area contributed by atoms with Crippen LogP contribution < -0.4 is 5.32 Å². The first-order valence-electron chi connectivity index (χ1n) is 5.75. The Morgan fingerprint density at radius 2 is 2.17 bits per heavy atom. The minimum atomic E-state index is -1.02. The van der Waals surface area contributed by atoms with Crippen LogP contribution in [0.25, 0.3) is 0 Å². The molecule has 0 aliphatic carbocycles. The van der Waals surface area contributed by atoms with Crippen molar-refractivity contribution in [2.75, 3.05) is 18.5 Å². The fourth-order valence-corrected chi connectivity index (χ4v) is 2.21. The average molecular weight is 271 g/mol. The zero-order valence-corrected chi connectivity index (χ0v) is 11.3. The number of aryl methyl sites for hydroxylation is 1. The van der Waals surface area contributed by atoms with Gasteiger partial charge in [0.15, 0.2) is 0 Å². The number of rotatable bonds is 7. The van der Waals surface area contributed by atoms with E-state index in [1.54, 1.807) is 12.3 Å². The van der Waals surface area contributed by atoms with E-state index in [0.29, 0.717) is 18.9 Å². The summed E-state index contributed by atoms with van der Waals surface area (Å²) in [6.07, 6.45) is 1.14. The Kier molecular flexibility index (Phi) is 5.80. The molecule has 0 aliphatic heterocycles. The van der Waals surface area contributed by atoms with Crippen LogP contribution in [0.5, 0.6) is 0 Å². The summed E-state index contributed by atoms with van der Waals surface area (Å²) in [5, 5.41) is 13.3. The van der Waals surface area contributed by atoms with Gasteiger partial charge in [-0.3, -0.25) is 4.79 Å². The van der Waals surface area contributed by atoms with Crippen molar-refractivity contribution in [2.24, 2.45) is 0 Å². The lowest BCUT2D eigenvalue weighted by Crippen LogP contribution is -2.16. The number of carboxylic acids is 1. The van der Waals surface area contributed by atoms with Gasteiger partial charge >= 0.3 is 5.97 Å². The number of carbonyl (C=O) groups is 2. The van der Waals surface area contributed by atoms with Gasteiger partial charge in [0.05, 0.1) is 18.7 Å². The van der Waals surface area contributed by atoms with Crippen LogP contribution in [-0.2, 0) is 9.53 Å². The summed E-state index contributed by atoms with van der Waals surface area (Å²) < 4.78 is 5.21. The van der Waals surface area contributed by atoms with E-state index in [1.165, 1.54) is 0 Å². The summed E-state index contributed by atoms with van der Waals surface area (Å²) in [5.41, 5.74) is 1.16. The largest absolute Gasteiger partial charge is 0.477 e. The third-order valence-electron chi connectivity index (χ3n) is 2.26. The van der Waals surface area contributed by atoms with Crippen molar-refractivity contribution in [3.8, 4) is 0 Å². The highest BCUT2D eigenvalue weighted by atomic mass is 32.1. The number of aromatic carboxylic acids is 1. The molecule has 1 rings (SSSR count). The quantitative estimate of drug-likeness (QED) is 0.747. The molecular weight excluding hydrogens is 254 g/mol. The summed E-state index contributed by atoms with van der Waals surface area (Å²) in [5.74, 6) is -1.25. The lowest BCUT2D eigenvalue weighted by atomic mass is 10.2. The van der Waals surface area contributed by atoms with Gasteiger partial charge in [-0.25, -0.2) is 4.79 Å². The van der Waals surface area contributed by atoms with Crippen LogP contribution in [-0.4, -0.2) is 30.2 Å². The minimum absolute atomic E-state index is 0.162. The van der Waals surface area contributed by atoms with E-state index >= 15 is 0 Å². The summed E-state index contributed by atoms with van der Waals surface area (Å²) in [6, 6.07) is 0. The van der Waals surface area contributed by atoms with Crippen LogP contribution in [0.4, 0.5) is 5.69 Å². The lowest BCUT2D eigenvalue weighted by Gasteiger charge is -2.06. The highest BCUT2D eigenvalue weighted by Crippen LogP contribution is 2.27. The molecule has 1 aromatic heterocycles. The van der Waals surface area contributed by atoms with Crippen molar-refractivity contribution in [1.82, 2.24) is 0 Å². The highest BCUT2D eigenvalue weighted by molar-refractivity contribution is 7.12. The third-order valence-corrected chi connectivity index (χ3v) is 3.34. The van der Waals surface area contributed by atoms with E-state index < -0.39 is 5.97 Å². The van der Waals surface area contributed by atoms with E-state index in [9.17, 15) is 9.59 Å². The Bertz CT molecular complexity index is 428. The fourth-order valence-electron chi connectivity index (χ4n) is 1.37. The summed E-state index contributed by atoms with van der Waals surface area (Å²) in [6.45, 7) is 4.75. The van der Waals surface area contributed by atoms with E-state index in [-0.39, 0.29) is 17.2 Å². The van der Waals surface area contributed by atoms with Crippen LogP contribution in [0.2, 0.25) is 0 Å². The molecule has 1 heterocycles. The molecule has 2 N–H and O–H groups in total. The molecule has 0 saturated heterocycles. The molecule has 1 aromatic rings. The predicted octanol–water partition coefficient (Wildman–Crippen LogP) is 2.51. The molecule has 0 radical (unpaired) electrons. The van der Waals surface area contributed by atoms with Gasteiger partial charge in [-0.2, -0.15) is 0 Å². The smallest absolute Gasteiger partial charge is 0.348 e. The van der Waals surface area contributed by atoms with Gasteiger partial charge in [-0.05, 0) is 24.3 Å². The van der Waals surface area contributed by atoms with Crippen molar-refractivity contribution in [1.29, 1.82) is 0 Å². The maximum absolute atomic E-state index is 11.6. The Hall–Kier alpha value is -1.40. The van der Waals surface area contributed by atoms with Crippen LogP contribution in [0.3, 0.4) is 0 Å². The second kappa shape index (κ2) is 7.13. The normalized spacial score (nSPS) is 10.3. The van der Waals surface area contributed by atoms with Crippen LogP contribution >= 0.6 is 11.3 Å². The van der Waals surface area contributed by atoms with Crippen molar-refractivity contribution >= 4 is 28.9 Å². The Balaban J connectivity index is 2.53. The molecule has 0 saturated carbocycles. The molecule has 0 aromatic carbocycles. The highest BCUT2D eigenvalue weighted by Gasteiger charge is 2.16. The van der Waals surface area contributed by atoms with Gasteiger partial charge in [0.25, 0.3) is 0 Å². The fraction of sp³-hybridized carbons (Fsp3) is 0.500. The van der Waals surface area contributed by atoms with Crippen molar-refractivity contribution < 1.29 is 19.4 Å². The molecule has 0 spiro atoms. The number of carboxylic acid groups (broad SMARTS) is 1. The Morgan fingerprint density at radius 3 is 2.78 bits per heavy atom. The molecule has 18 heavy (non-hydrogen) atoms. The lowest BCUT2D eigenvalue weighted by molar-refractivity contribution is -0.117. The standard InChI is InChI=1S/C12H17NO4S/c1-3-5-17-6-4-9(14)13-10-8(2)7-18-11(10)12(15)16/h7H,3-6H2,1-2H3,(H,13,14)(H,15,16). The summed E-state index contributed by atoms with van der Waals surface area (Å²) in [4.78, 5) is 22.7. The van der Waals surface area contributed by atoms with Crippen molar-refractivity contribution in [3.05, 3.63) is 15.8 Å². The predicted molar refractivity (Wildman–Crippen MR) is 70.4 cm³/mol. The third kappa shape index (κ3) is 4.12. The van der Waals surface area contributed by atoms with Crippen LogP contribution in [0.15, 0.2) is 5.38 Å². The number of thiophene rings is 1. The Labute approximate surface area is 110 Å². The average Bonchev–Trinajstić information content (AvgIpc) is 2.67. The van der Waals surface area contributed by atoms with Gasteiger partial charge in [0, 0.05) is 6.61 Å². The SMILES string of the molecule is CCCOCCC(=O)Nc1c(C)csc1C(=O)O. The van der Waals surface area contributed by atoms with Gasteiger partial charge < -0.3 is 15.2 Å². The second-order valence-corrected chi connectivity index (χ2v) is 4.72. The maximum atomic E-state index is 11.6. The van der Waals surface area contributed by atoms with E-state index in [2.05, 4.69) is 5.32 Å². The molecule has 100 valence electrons. The molecule has 0 fully saturated rings. The minimum Gasteiger partial charge on any atom is -0.477 e. The van der Waals surface area contributed by atoms with Crippen molar-refractivity contribution in [2.45, 2.75) is 26.7 Å². The summed E-state index contributed by atoms with van der Waals surface area (Å²) in [7, 11) is 0. The number of ether oxygens (including phenoxy) is 1. The first kappa shape index (κ1) is 14.7. The van der Waals surface area contributed by atoms with Crippen molar-refractivity contribution in [3.63, 3.8) is 0 Å². The van der Waals surface area contributed by atoms with E-state index in [4.69, 9.17) is 9.84 Å². The summed E-state index contributed by atoms with van der Waals surface area (Å²) >= 11 is 1.11. The van der Waals surface area contributed by atoms with E-state index in [1.807, 2.05) is 6.92 Å². The molecule has 0 bridgehead atoms. The topological polar surface area (TPSA) is 75.6 Å². The number of amides is 1. The molecule has 6 heteroatoms. The first-order valence-corrected chi connectivity index (χ1v) is 6.63. The molecule has 0 unspecified atom stereocenters. The van der Waals surface area contributed by atoms with Crippen LogP contribution in [0.1, 0.15) is 35.0 Å². The number of hydrogen-bond acceptors (Lipinski definition) is 4. The van der Waals surface area contributed by atoms with E-state index in [0.717, 1.165) is 23.3 Å². The number of carbonyl (C=O) groups excluding carboxylic acids is 1. The van der Waals surface area contributed by atoms with Gasteiger partial charge in [-0.15, -0.1) is 11.3 Å². The molecule has 1 amide bonds. The second-order valence-electron chi connectivity index (χ2n) is 3.84. The van der Waals surface area contributed by atoms with Gasteiger partial charge in [0.2, 0.25) is 5.91 Å². The Morgan fingerprint density at radius 1 is 1.44 bits per heavy atom. The number of anilines is 1. The monoisotopic (exact) mass is 271 g/mol. The number of nitrogens with one attached hydrogen (secondary N) is 1. The zero-order valence-electron chi connectivity index (χ0n) is 10.5. The van der Waals surface area contributed by atoms with Crippen LogP contribution in [0, 0.1) is 6.92 Å². The van der Waals surface area contributed by atoms with Gasteiger partial charge in [-0.1, -0.05) is 6.92 Å². The molecule has 0 atom stereocenters. The number of hydrogen-bond donors (Lipinski definition) is 2. The maximum Gasteiger partial charge on any atom is 0.348 e. The molecular formula is C12H17NO4S.